The van der Waals surface area contributed by atoms with Crippen molar-refractivity contribution in [3.05, 3.63) is 0 Å². The summed E-state index contributed by atoms with van der Waals surface area (Å²) in [4.78, 5) is 32.3. The van der Waals surface area contributed by atoms with Gasteiger partial charge in [-0.05, 0) is 6.42 Å². The molecule has 0 aliphatic heterocycles. The van der Waals surface area contributed by atoms with Crippen molar-refractivity contribution >= 4 is 17.3 Å². The molecular weight excluding hydrogens is 144 g/mol. The standard InChI is InChI=1S/C8H10O3/c1-2-3-5-4-6(9)8(11)7(5)10/h5H,2-4H2,1H3. The second-order valence-electron chi connectivity index (χ2n) is 2.81. The molecule has 0 aromatic heterocycles. The minimum absolute atomic E-state index is 0.144. The first-order valence-corrected chi connectivity index (χ1v) is 3.78. The molecule has 3 heteroatoms. The van der Waals surface area contributed by atoms with Crippen molar-refractivity contribution in [2.45, 2.75) is 26.2 Å². The molecule has 0 amide bonds. The number of carbonyl (C=O) groups excluding carboxylic acids is 3. The van der Waals surface area contributed by atoms with Crippen molar-refractivity contribution < 1.29 is 14.4 Å². The first-order chi connectivity index (χ1) is 5.16. The molecule has 0 bridgehead atoms. The lowest BCUT2D eigenvalue weighted by atomic mass is 10.0. The third kappa shape index (κ3) is 1.37. The minimum Gasteiger partial charge on any atom is -0.290 e. The lowest BCUT2D eigenvalue weighted by Gasteiger charge is -2.00. The van der Waals surface area contributed by atoms with Gasteiger partial charge in [-0.2, -0.15) is 0 Å². The summed E-state index contributed by atoms with van der Waals surface area (Å²) in [6, 6.07) is 0. The predicted molar refractivity (Wildman–Crippen MR) is 38.0 cm³/mol. The van der Waals surface area contributed by atoms with Crippen LogP contribution in [-0.4, -0.2) is 17.3 Å². The van der Waals surface area contributed by atoms with Crippen molar-refractivity contribution in [1.29, 1.82) is 0 Å². The van der Waals surface area contributed by atoms with E-state index in [-0.39, 0.29) is 12.3 Å². The first-order valence-electron chi connectivity index (χ1n) is 3.78. The van der Waals surface area contributed by atoms with Crippen LogP contribution < -0.4 is 0 Å². The Morgan fingerprint density at radius 1 is 1.36 bits per heavy atom. The summed E-state index contributed by atoms with van der Waals surface area (Å²) < 4.78 is 0. The minimum atomic E-state index is -0.788. The van der Waals surface area contributed by atoms with Crippen LogP contribution in [0.5, 0.6) is 0 Å². The van der Waals surface area contributed by atoms with Crippen molar-refractivity contribution in [3.8, 4) is 0 Å². The van der Waals surface area contributed by atoms with E-state index in [4.69, 9.17) is 0 Å². The molecule has 1 atom stereocenters. The Bertz CT molecular complexity index is 217. The average Bonchev–Trinajstić information content (AvgIpc) is 2.19. The second kappa shape index (κ2) is 2.95. The molecule has 1 aliphatic carbocycles. The summed E-state index contributed by atoms with van der Waals surface area (Å²) in [5.41, 5.74) is 0. The van der Waals surface area contributed by atoms with Gasteiger partial charge >= 0.3 is 0 Å². The smallest absolute Gasteiger partial charge is 0.264 e. The molecule has 60 valence electrons. The number of Topliss-reactive ketones (excluding diaryl/α,β-unsaturated/α-hetero) is 3. The molecule has 0 radical (unpaired) electrons. The summed E-state index contributed by atoms with van der Waals surface area (Å²) in [7, 11) is 0. The summed E-state index contributed by atoms with van der Waals surface area (Å²) in [6.45, 7) is 1.93. The van der Waals surface area contributed by atoms with E-state index < -0.39 is 17.3 Å². The highest BCUT2D eigenvalue weighted by molar-refractivity contribution is 6.67. The van der Waals surface area contributed by atoms with Gasteiger partial charge in [0.2, 0.25) is 11.6 Å². The van der Waals surface area contributed by atoms with Crippen molar-refractivity contribution in [2.24, 2.45) is 5.92 Å². The molecule has 0 heterocycles. The van der Waals surface area contributed by atoms with E-state index in [1.807, 2.05) is 6.92 Å². The van der Waals surface area contributed by atoms with Gasteiger partial charge in [0.05, 0.1) is 0 Å². The van der Waals surface area contributed by atoms with Crippen LogP contribution in [0.3, 0.4) is 0 Å². The number of hydrogen-bond acceptors (Lipinski definition) is 3. The Morgan fingerprint density at radius 3 is 2.36 bits per heavy atom. The molecule has 1 aliphatic rings. The molecule has 0 aromatic carbocycles. The maximum Gasteiger partial charge on any atom is 0.264 e. The largest absolute Gasteiger partial charge is 0.290 e. The van der Waals surface area contributed by atoms with Crippen LogP contribution in [0.4, 0.5) is 0 Å². The quantitative estimate of drug-likeness (QED) is 0.544. The highest BCUT2D eigenvalue weighted by Gasteiger charge is 2.38. The Kier molecular flexibility index (Phi) is 2.17. The maximum atomic E-state index is 10.9. The summed E-state index contributed by atoms with van der Waals surface area (Å²) in [5.74, 6) is -2.08. The van der Waals surface area contributed by atoms with Crippen LogP contribution in [0, 0.1) is 5.92 Å². The summed E-state index contributed by atoms with van der Waals surface area (Å²) >= 11 is 0. The molecule has 1 fully saturated rings. The molecule has 3 nitrogen and oxygen atoms in total. The zero-order valence-electron chi connectivity index (χ0n) is 6.42. The van der Waals surface area contributed by atoms with Crippen LogP contribution in [-0.2, 0) is 14.4 Å². The number of carbonyl (C=O) groups is 3. The Hall–Kier alpha value is -0.990. The average molecular weight is 154 g/mol. The van der Waals surface area contributed by atoms with Gasteiger partial charge in [-0.15, -0.1) is 0 Å². The van der Waals surface area contributed by atoms with Gasteiger partial charge in [0.25, 0.3) is 5.78 Å². The van der Waals surface area contributed by atoms with E-state index in [9.17, 15) is 14.4 Å². The number of rotatable bonds is 2. The Labute approximate surface area is 64.8 Å². The fourth-order valence-corrected chi connectivity index (χ4v) is 1.31. The SMILES string of the molecule is CCCC1CC(=O)C(=O)C1=O. The molecule has 1 saturated carbocycles. The maximum absolute atomic E-state index is 10.9. The molecule has 1 rings (SSSR count). The van der Waals surface area contributed by atoms with Crippen LogP contribution >= 0.6 is 0 Å². The van der Waals surface area contributed by atoms with Gasteiger partial charge in [-0.25, -0.2) is 0 Å². The molecule has 1 unspecified atom stereocenters. The molecule has 0 N–H and O–H groups in total. The fourth-order valence-electron chi connectivity index (χ4n) is 1.31. The van der Waals surface area contributed by atoms with E-state index in [0.29, 0.717) is 6.42 Å². The number of ketones is 3. The molecule has 0 saturated heterocycles. The van der Waals surface area contributed by atoms with E-state index in [0.717, 1.165) is 6.42 Å². The van der Waals surface area contributed by atoms with Gasteiger partial charge in [-0.1, -0.05) is 13.3 Å². The van der Waals surface area contributed by atoms with Gasteiger partial charge in [0.1, 0.15) is 0 Å². The first kappa shape index (κ1) is 8.11. The molecular formula is C8H10O3. The fraction of sp³-hybridized carbons (Fsp3) is 0.625. The van der Waals surface area contributed by atoms with Crippen molar-refractivity contribution in [2.75, 3.05) is 0 Å². The Morgan fingerprint density at radius 2 is 2.00 bits per heavy atom. The van der Waals surface area contributed by atoms with E-state index >= 15 is 0 Å². The summed E-state index contributed by atoms with van der Waals surface area (Å²) in [6.07, 6.45) is 1.65. The summed E-state index contributed by atoms with van der Waals surface area (Å²) in [5, 5.41) is 0. The monoisotopic (exact) mass is 154 g/mol. The topological polar surface area (TPSA) is 51.2 Å². The molecule has 0 aromatic rings. The van der Waals surface area contributed by atoms with Gasteiger partial charge in [0.15, 0.2) is 0 Å². The third-order valence-electron chi connectivity index (χ3n) is 1.92. The second-order valence-corrected chi connectivity index (χ2v) is 2.81. The van der Waals surface area contributed by atoms with Crippen LogP contribution in [0.15, 0.2) is 0 Å². The van der Waals surface area contributed by atoms with Crippen molar-refractivity contribution in [1.82, 2.24) is 0 Å². The van der Waals surface area contributed by atoms with Crippen LogP contribution in [0.1, 0.15) is 26.2 Å². The van der Waals surface area contributed by atoms with Crippen molar-refractivity contribution in [3.63, 3.8) is 0 Å². The lowest BCUT2D eigenvalue weighted by Crippen LogP contribution is -2.15. The zero-order chi connectivity index (χ0) is 8.43. The normalized spacial score (nSPS) is 24.8. The molecule has 11 heavy (non-hydrogen) atoms. The van der Waals surface area contributed by atoms with Crippen LogP contribution in [0.2, 0.25) is 0 Å². The Balaban J connectivity index is 2.67. The van der Waals surface area contributed by atoms with Gasteiger partial charge < -0.3 is 0 Å². The third-order valence-corrected chi connectivity index (χ3v) is 1.92. The van der Waals surface area contributed by atoms with Gasteiger partial charge in [-0.3, -0.25) is 14.4 Å². The highest BCUT2D eigenvalue weighted by atomic mass is 16.2. The highest BCUT2D eigenvalue weighted by Crippen LogP contribution is 2.20. The zero-order valence-corrected chi connectivity index (χ0v) is 6.42. The number of hydrogen-bond donors (Lipinski definition) is 0. The van der Waals surface area contributed by atoms with Crippen LogP contribution in [0.25, 0.3) is 0 Å². The van der Waals surface area contributed by atoms with Gasteiger partial charge in [0, 0.05) is 12.3 Å². The lowest BCUT2D eigenvalue weighted by molar-refractivity contribution is -0.140. The van der Waals surface area contributed by atoms with E-state index in [1.54, 1.807) is 0 Å². The molecule has 0 spiro atoms. The predicted octanol–water partition coefficient (Wildman–Crippen LogP) is 0.514. The van der Waals surface area contributed by atoms with E-state index in [2.05, 4.69) is 0 Å². The van der Waals surface area contributed by atoms with E-state index in [1.165, 1.54) is 0 Å².